The number of para-hydroxylation sites is 1. The van der Waals surface area contributed by atoms with Crippen molar-refractivity contribution < 1.29 is 9.53 Å². The first-order chi connectivity index (χ1) is 8.60. The maximum absolute atomic E-state index is 11.3. The number of nitrogens with two attached hydrogens (primary N) is 2. The highest BCUT2D eigenvalue weighted by Crippen LogP contribution is 2.21. The molecular formula is C14H22N2O2. The second-order valence-electron chi connectivity index (χ2n) is 4.38. The van der Waals surface area contributed by atoms with Crippen LogP contribution in [0.15, 0.2) is 24.3 Å². The van der Waals surface area contributed by atoms with Crippen molar-refractivity contribution in [2.24, 2.45) is 11.5 Å². The Hall–Kier alpha value is -1.55. The molecule has 2 atom stereocenters. The highest BCUT2D eigenvalue weighted by atomic mass is 16.5. The third-order valence-corrected chi connectivity index (χ3v) is 2.93. The summed E-state index contributed by atoms with van der Waals surface area (Å²) in [5, 5.41) is 0. The Morgan fingerprint density at radius 2 is 2.00 bits per heavy atom. The smallest absolute Gasteiger partial charge is 0.252 e. The lowest BCUT2D eigenvalue weighted by atomic mass is 10.0. The van der Waals surface area contributed by atoms with Crippen LogP contribution in [0.3, 0.4) is 0 Å². The monoisotopic (exact) mass is 250 g/mol. The molecular weight excluding hydrogens is 228 g/mol. The van der Waals surface area contributed by atoms with E-state index in [9.17, 15) is 4.79 Å². The van der Waals surface area contributed by atoms with Gasteiger partial charge in [0.25, 0.3) is 5.91 Å². The summed E-state index contributed by atoms with van der Waals surface area (Å²) in [4.78, 5) is 11.3. The Bertz CT molecular complexity index is 393. The Kier molecular flexibility index (Phi) is 5.65. The van der Waals surface area contributed by atoms with Crippen molar-refractivity contribution in [2.45, 2.75) is 45.3 Å². The average Bonchev–Trinajstić information content (AvgIpc) is 2.36. The lowest BCUT2D eigenvalue weighted by Crippen LogP contribution is -2.38. The molecule has 0 heterocycles. The lowest BCUT2D eigenvalue weighted by molar-refractivity contribution is 0.0988. The van der Waals surface area contributed by atoms with Crippen LogP contribution in [-0.2, 0) is 0 Å². The molecule has 0 saturated heterocycles. The molecule has 0 spiro atoms. The molecule has 4 nitrogen and oxygen atoms in total. The maximum atomic E-state index is 11.3. The van der Waals surface area contributed by atoms with Gasteiger partial charge in [-0.15, -0.1) is 0 Å². The normalized spacial score (nSPS) is 13.9. The number of ether oxygens (including phenoxy) is 1. The number of hydrogen-bond donors (Lipinski definition) is 2. The maximum Gasteiger partial charge on any atom is 0.252 e. The van der Waals surface area contributed by atoms with Gasteiger partial charge in [0, 0.05) is 6.04 Å². The molecule has 0 aliphatic rings. The molecule has 0 aliphatic heterocycles. The van der Waals surface area contributed by atoms with E-state index < -0.39 is 5.91 Å². The molecule has 1 aromatic carbocycles. The van der Waals surface area contributed by atoms with Gasteiger partial charge >= 0.3 is 0 Å². The molecule has 1 rings (SSSR count). The molecule has 0 saturated carbocycles. The van der Waals surface area contributed by atoms with Crippen molar-refractivity contribution in [1.82, 2.24) is 0 Å². The van der Waals surface area contributed by atoms with Crippen molar-refractivity contribution >= 4 is 5.91 Å². The van der Waals surface area contributed by atoms with Crippen LogP contribution >= 0.6 is 0 Å². The van der Waals surface area contributed by atoms with E-state index in [0.717, 1.165) is 19.3 Å². The SMILES string of the molecule is CCCC(N)C(CC)Oc1ccccc1C(N)=O. The number of benzene rings is 1. The molecule has 1 amide bonds. The largest absolute Gasteiger partial charge is 0.488 e. The van der Waals surface area contributed by atoms with E-state index in [0.29, 0.717) is 11.3 Å². The molecule has 4 heteroatoms. The summed E-state index contributed by atoms with van der Waals surface area (Å²) in [7, 11) is 0. The predicted molar refractivity (Wildman–Crippen MR) is 72.6 cm³/mol. The zero-order valence-electron chi connectivity index (χ0n) is 11.1. The van der Waals surface area contributed by atoms with Crippen LogP contribution < -0.4 is 16.2 Å². The Labute approximate surface area is 108 Å². The van der Waals surface area contributed by atoms with Crippen molar-refractivity contribution in [3.05, 3.63) is 29.8 Å². The van der Waals surface area contributed by atoms with Gasteiger partial charge in [-0.1, -0.05) is 32.4 Å². The van der Waals surface area contributed by atoms with Gasteiger partial charge in [-0.05, 0) is 25.0 Å². The minimum atomic E-state index is -0.482. The van der Waals surface area contributed by atoms with Crippen molar-refractivity contribution in [3.63, 3.8) is 0 Å². The molecule has 1 aromatic rings. The molecule has 0 aromatic heterocycles. The minimum absolute atomic E-state index is 0.0269. The van der Waals surface area contributed by atoms with Crippen LogP contribution in [0.5, 0.6) is 5.75 Å². The Morgan fingerprint density at radius 1 is 1.33 bits per heavy atom. The van der Waals surface area contributed by atoms with Crippen LogP contribution in [0, 0.1) is 0 Å². The number of primary amides is 1. The summed E-state index contributed by atoms with van der Waals surface area (Å²) in [6.45, 7) is 4.11. The van der Waals surface area contributed by atoms with E-state index in [-0.39, 0.29) is 12.1 Å². The first-order valence-corrected chi connectivity index (χ1v) is 6.41. The quantitative estimate of drug-likeness (QED) is 0.777. The fourth-order valence-corrected chi connectivity index (χ4v) is 1.93. The second-order valence-corrected chi connectivity index (χ2v) is 4.38. The first kappa shape index (κ1) is 14.5. The van der Waals surface area contributed by atoms with Crippen LogP contribution in [0.1, 0.15) is 43.5 Å². The van der Waals surface area contributed by atoms with E-state index in [1.165, 1.54) is 0 Å². The van der Waals surface area contributed by atoms with Crippen molar-refractivity contribution in [3.8, 4) is 5.75 Å². The summed E-state index contributed by atoms with van der Waals surface area (Å²) in [5.74, 6) is 0.0351. The summed E-state index contributed by atoms with van der Waals surface area (Å²) in [6, 6.07) is 6.97. The van der Waals surface area contributed by atoms with Gasteiger partial charge in [-0.2, -0.15) is 0 Å². The zero-order chi connectivity index (χ0) is 13.5. The molecule has 18 heavy (non-hydrogen) atoms. The third-order valence-electron chi connectivity index (χ3n) is 2.93. The van der Waals surface area contributed by atoms with E-state index in [1.807, 2.05) is 13.0 Å². The van der Waals surface area contributed by atoms with Gasteiger partial charge in [0.05, 0.1) is 5.56 Å². The van der Waals surface area contributed by atoms with E-state index in [2.05, 4.69) is 6.92 Å². The standard InChI is InChI=1S/C14H22N2O2/c1-3-7-11(15)12(4-2)18-13-9-6-5-8-10(13)14(16)17/h5-6,8-9,11-12H,3-4,7,15H2,1-2H3,(H2,16,17). The molecule has 0 bridgehead atoms. The molecule has 4 N–H and O–H groups in total. The zero-order valence-corrected chi connectivity index (χ0v) is 11.1. The summed E-state index contributed by atoms with van der Waals surface area (Å²) < 4.78 is 5.84. The minimum Gasteiger partial charge on any atom is -0.488 e. The predicted octanol–water partition coefficient (Wildman–Crippen LogP) is 2.07. The van der Waals surface area contributed by atoms with E-state index in [1.54, 1.807) is 18.2 Å². The number of carbonyl (C=O) groups is 1. The second kappa shape index (κ2) is 7.01. The number of hydrogen-bond acceptors (Lipinski definition) is 3. The number of rotatable bonds is 7. The van der Waals surface area contributed by atoms with Gasteiger partial charge < -0.3 is 16.2 Å². The lowest BCUT2D eigenvalue weighted by Gasteiger charge is -2.24. The highest BCUT2D eigenvalue weighted by molar-refractivity contribution is 5.95. The molecule has 100 valence electrons. The van der Waals surface area contributed by atoms with Gasteiger partial charge in [0.15, 0.2) is 0 Å². The number of amides is 1. The molecule has 0 fully saturated rings. The topological polar surface area (TPSA) is 78.3 Å². The van der Waals surface area contributed by atoms with Gasteiger partial charge in [-0.3, -0.25) is 4.79 Å². The average molecular weight is 250 g/mol. The fraction of sp³-hybridized carbons (Fsp3) is 0.500. The van der Waals surface area contributed by atoms with Crippen molar-refractivity contribution in [2.75, 3.05) is 0 Å². The highest BCUT2D eigenvalue weighted by Gasteiger charge is 2.19. The summed E-state index contributed by atoms with van der Waals surface area (Å²) >= 11 is 0. The van der Waals surface area contributed by atoms with Gasteiger partial charge in [0.2, 0.25) is 0 Å². The molecule has 0 radical (unpaired) electrons. The van der Waals surface area contributed by atoms with Gasteiger partial charge in [0.1, 0.15) is 11.9 Å². The summed E-state index contributed by atoms with van der Waals surface area (Å²) in [5.41, 5.74) is 11.8. The van der Waals surface area contributed by atoms with Crippen LogP contribution in [0.25, 0.3) is 0 Å². The Balaban J connectivity index is 2.84. The first-order valence-electron chi connectivity index (χ1n) is 6.41. The molecule has 2 unspecified atom stereocenters. The molecule has 0 aliphatic carbocycles. The van der Waals surface area contributed by atoms with Crippen LogP contribution in [-0.4, -0.2) is 18.1 Å². The third kappa shape index (κ3) is 3.74. The fourth-order valence-electron chi connectivity index (χ4n) is 1.93. The Morgan fingerprint density at radius 3 is 2.56 bits per heavy atom. The van der Waals surface area contributed by atoms with Gasteiger partial charge in [-0.25, -0.2) is 0 Å². The van der Waals surface area contributed by atoms with Crippen LogP contribution in [0.4, 0.5) is 0 Å². The van der Waals surface area contributed by atoms with Crippen molar-refractivity contribution in [1.29, 1.82) is 0 Å². The van der Waals surface area contributed by atoms with Crippen LogP contribution in [0.2, 0.25) is 0 Å². The van der Waals surface area contributed by atoms with E-state index in [4.69, 9.17) is 16.2 Å². The summed E-state index contributed by atoms with van der Waals surface area (Å²) in [6.07, 6.45) is 2.62. The van der Waals surface area contributed by atoms with E-state index >= 15 is 0 Å². The number of carbonyl (C=O) groups excluding carboxylic acids is 1.